The van der Waals surface area contributed by atoms with Crippen LogP contribution in [-0.4, -0.2) is 16.4 Å². The molecule has 1 aromatic carbocycles. The van der Waals surface area contributed by atoms with Crippen LogP contribution in [0, 0.1) is 18.4 Å². The fourth-order valence-corrected chi connectivity index (χ4v) is 1.73. The van der Waals surface area contributed by atoms with E-state index >= 15 is 0 Å². The van der Waals surface area contributed by atoms with Crippen molar-refractivity contribution in [3.8, 4) is 6.19 Å². The van der Waals surface area contributed by atoms with Crippen molar-refractivity contribution in [3.63, 3.8) is 0 Å². The molecular formula is C11H10N4OS. The van der Waals surface area contributed by atoms with Crippen LogP contribution in [0.15, 0.2) is 27.6 Å². The molecular weight excluding hydrogens is 236 g/mol. The van der Waals surface area contributed by atoms with Crippen molar-refractivity contribution in [3.05, 3.63) is 24.1 Å². The molecule has 0 bridgehead atoms. The molecule has 0 aliphatic carbocycles. The minimum absolute atomic E-state index is 0.548. The van der Waals surface area contributed by atoms with Crippen molar-refractivity contribution in [2.75, 3.05) is 6.26 Å². The number of thioether (sulfide) groups is 1. The molecule has 2 rings (SSSR count). The second-order valence-electron chi connectivity index (χ2n) is 3.24. The molecule has 0 saturated heterocycles. The van der Waals surface area contributed by atoms with Gasteiger partial charge in [-0.2, -0.15) is 5.26 Å². The van der Waals surface area contributed by atoms with Gasteiger partial charge < -0.3 is 4.42 Å². The van der Waals surface area contributed by atoms with Gasteiger partial charge in [-0.1, -0.05) is 11.8 Å². The van der Waals surface area contributed by atoms with Crippen molar-refractivity contribution in [2.45, 2.75) is 6.92 Å². The maximum Gasteiger partial charge on any atom is 0.192 e. The molecule has 17 heavy (non-hydrogen) atoms. The largest absolute Gasteiger partial charge is 0.441 e. The molecule has 0 radical (unpaired) electrons. The molecule has 86 valence electrons. The summed E-state index contributed by atoms with van der Waals surface area (Å²) in [6.45, 7) is 1.80. The first kappa shape index (κ1) is 11.5. The first-order valence-electron chi connectivity index (χ1n) is 4.88. The number of hydrogen-bond acceptors (Lipinski definition) is 5. The van der Waals surface area contributed by atoms with E-state index < -0.39 is 0 Å². The van der Waals surface area contributed by atoms with Gasteiger partial charge in [-0.05, 0) is 24.5 Å². The van der Waals surface area contributed by atoms with Crippen LogP contribution < -0.4 is 5.32 Å². The summed E-state index contributed by atoms with van der Waals surface area (Å²) in [5.74, 6) is 0.626. The quantitative estimate of drug-likeness (QED) is 0.362. The third-order valence-electron chi connectivity index (χ3n) is 2.06. The van der Waals surface area contributed by atoms with Gasteiger partial charge in [0.25, 0.3) is 0 Å². The molecule has 1 N–H and O–H groups in total. The fraction of sp³-hybridized carbons (Fsp3) is 0.182. The van der Waals surface area contributed by atoms with E-state index in [1.54, 1.807) is 6.92 Å². The van der Waals surface area contributed by atoms with Gasteiger partial charge in [0.2, 0.25) is 0 Å². The van der Waals surface area contributed by atoms with Gasteiger partial charge >= 0.3 is 0 Å². The van der Waals surface area contributed by atoms with E-state index in [-0.39, 0.29) is 0 Å². The Kier molecular flexibility index (Phi) is 3.30. The number of hydrogen-bond donors (Lipinski definition) is 1. The highest BCUT2D eigenvalue weighted by atomic mass is 32.2. The Labute approximate surface area is 103 Å². The number of aromatic nitrogens is 1. The Hall–Kier alpha value is -2.00. The molecule has 1 aromatic heterocycles. The van der Waals surface area contributed by atoms with Crippen molar-refractivity contribution in [1.29, 1.82) is 5.26 Å². The molecule has 0 spiro atoms. The Bertz CT molecular complexity index is 611. The van der Waals surface area contributed by atoms with Crippen LogP contribution in [0.1, 0.15) is 5.89 Å². The molecule has 0 fully saturated rings. The average molecular weight is 246 g/mol. The highest BCUT2D eigenvalue weighted by molar-refractivity contribution is 8.13. The third-order valence-corrected chi connectivity index (χ3v) is 2.64. The molecule has 0 aliphatic heterocycles. The minimum Gasteiger partial charge on any atom is -0.441 e. The summed E-state index contributed by atoms with van der Waals surface area (Å²) in [6.07, 6.45) is 3.69. The van der Waals surface area contributed by atoms with Crippen LogP contribution in [0.2, 0.25) is 0 Å². The lowest BCUT2D eigenvalue weighted by Gasteiger charge is -1.98. The number of oxazole rings is 1. The summed E-state index contributed by atoms with van der Waals surface area (Å²) in [5, 5.41) is 11.6. The summed E-state index contributed by atoms with van der Waals surface area (Å²) in [7, 11) is 0. The van der Waals surface area contributed by atoms with E-state index in [0.29, 0.717) is 11.1 Å². The standard InChI is InChI=1S/C11H10N4OS/c1-7-14-9-5-8(3-4-10(9)16-7)15-11(17-2)13-6-12/h3-5H,1-2H3,(H,13,15). The normalized spacial score (nSPS) is 11.5. The second-order valence-corrected chi connectivity index (χ2v) is 4.04. The average Bonchev–Trinajstić information content (AvgIpc) is 2.68. The number of amidine groups is 1. The van der Waals surface area contributed by atoms with Crippen LogP contribution >= 0.6 is 11.8 Å². The van der Waals surface area contributed by atoms with E-state index in [1.807, 2.05) is 30.6 Å². The van der Waals surface area contributed by atoms with Crippen LogP contribution in [0.25, 0.3) is 11.1 Å². The van der Waals surface area contributed by atoms with Gasteiger partial charge in [-0.15, -0.1) is 0 Å². The van der Waals surface area contributed by atoms with Crippen LogP contribution in [0.3, 0.4) is 0 Å². The number of nitrogens with one attached hydrogen (secondary N) is 1. The first-order chi connectivity index (χ1) is 8.22. The highest BCUT2D eigenvalue weighted by Gasteiger charge is 2.03. The summed E-state index contributed by atoms with van der Waals surface area (Å²) in [5.41, 5.74) is 2.24. The number of fused-ring (bicyclic) bond motifs is 1. The van der Waals surface area contributed by atoms with Crippen molar-refractivity contribution in [2.24, 2.45) is 4.99 Å². The van der Waals surface area contributed by atoms with E-state index in [9.17, 15) is 0 Å². The predicted octanol–water partition coefficient (Wildman–Crippen LogP) is 2.56. The second kappa shape index (κ2) is 4.89. The summed E-state index contributed by atoms with van der Waals surface area (Å²) in [4.78, 5) is 8.52. The topological polar surface area (TPSA) is 74.2 Å². The van der Waals surface area contributed by atoms with Crippen LogP contribution in [-0.2, 0) is 0 Å². The molecule has 0 unspecified atom stereocenters. The van der Waals surface area contributed by atoms with E-state index in [4.69, 9.17) is 9.68 Å². The number of nitrogens with zero attached hydrogens (tertiary/aromatic N) is 3. The van der Waals surface area contributed by atoms with Crippen LogP contribution in [0.5, 0.6) is 0 Å². The van der Waals surface area contributed by atoms with Crippen molar-refractivity contribution in [1.82, 2.24) is 10.3 Å². The SMILES string of the molecule is CSC(=Nc1ccc2oc(C)nc2c1)NC#N. The molecule has 1 heterocycles. The molecule has 0 saturated carbocycles. The van der Waals surface area contributed by atoms with Gasteiger partial charge in [0.1, 0.15) is 5.52 Å². The first-order valence-corrected chi connectivity index (χ1v) is 6.10. The lowest BCUT2D eigenvalue weighted by Crippen LogP contribution is -2.12. The summed E-state index contributed by atoms with van der Waals surface area (Å²) >= 11 is 1.37. The number of rotatable bonds is 1. The molecule has 0 atom stereocenters. The van der Waals surface area contributed by atoms with Crippen molar-refractivity contribution >= 4 is 33.7 Å². The number of aryl methyl sites for hydroxylation is 1. The Morgan fingerprint density at radius 1 is 1.59 bits per heavy atom. The third kappa shape index (κ3) is 2.57. The Morgan fingerprint density at radius 2 is 2.41 bits per heavy atom. The Morgan fingerprint density at radius 3 is 3.12 bits per heavy atom. The minimum atomic E-state index is 0.548. The van der Waals surface area contributed by atoms with Gasteiger partial charge in [-0.25, -0.2) is 9.98 Å². The molecule has 0 aliphatic rings. The maximum atomic E-state index is 8.54. The van der Waals surface area contributed by atoms with Gasteiger partial charge in [0.05, 0.1) is 5.69 Å². The monoisotopic (exact) mass is 246 g/mol. The van der Waals surface area contributed by atoms with Crippen molar-refractivity contribution < 1.29 is 4.42 Å². The van der Waals surface area contributed by atoms with E-state index in [1.165, 1.54) is 11.8 Å². The van der Waals surface area contributed by atoms with Gasteiger partial charge in [0.15, 0.2) is 22.8 Å². The summed E-state index contributed by atoms with van der Waals surface area (Å²) < 4.78 is 5.37. The molecule has 6 heteroatoms. The fourth-order valence-electron chi connectivity index (χ4n) is 1.39. The highest BCUT2D eigenvalue weighted by Crippen LogP contribution is 2.22. The zero-order valence-corrected chi connectivity index (χ0v) is 10.2. The zero-order valence-electron chi connectivity index (χ0n) is 9.39. The lowest BCUT2D eigenvalue weighted by atomic mass is 10.3. The zero-order chi connectivity index (χ0) is 12.3. The summed E-state index contributed by atoms with van der Waals surface area (Å²) in [6, 6.07) is 5.46. The number of aliphatic imine (C=N–C) groups is 1. The van der Waals surface area contributed by atoms with Crippen LogP contribution in [0.4, 0.5) is 5.69 Å². The molecule has 2 aromatic rings. The van der Waals surface area contributed by atoms with Gasteiger partial charge in [0, 0.05) is 6.92 Å². The molecule has 5 nitrogen and oxygen atoms in total. The lowest BCUT2D eigenvalue weighted by molar-refractivity contribution is 0.561. The predicted molar refractivity (Wildman–Crippen MR) is 68.1 cm³/mol. The van der Waals surface area contributed by atoms with E-state index in [0.717, 1.165) is 16.8 Å². The van der Waals surface area contributed by atoms with Gasteiger partial charge in [-0.3, -0.25) is 5.32 Å². The van der Waals surface area contributed by atoms with E-state index in [2.05, 4.69) is 15.3 Å². The molecule has 0 amide bonds. The smallest absolute Gasteiger partial charge is 0.192 e. The number of benzene rings is 1. The number of nitriles is 1. The maximum absolute atomic E-state index is 8.54. The Balaban J connectivity index is 2.39.